The monoisotopic (exact) mass is 470 g/mol. The van der Waals surface area contributed by atoms with E-state index in [2.05, 4.69) is 0 Å². The Kier molecular flexibility index (Phi) is 6.67. The normalized spacial score (nSPS) is 11.4. The van der Waals surface area contributed by atoms with Crippen LogP contribution >= 0.6 is 0 Å². The van der Waals surface area contributed by atoms with Gasteiger partial charge in [0.25, 0.3) is 0 Å². The van der Waals surface area contributed by atoms with E-state index in [-0.39, 0.29) is 0 Å². The number of halogens is 5. The van der Waals surface area contributed by atoms with Crippen LogP contribution in [0.25, 0.3) is 0 Å². The molecule has 0 saturated heterocycles. The van der Waals surface area contributed by atoms with E-state index in [1.54, 1.807) is 91.0 Å². The maximum atomic E-state index is 14.2. The second-order valence-corrected chi connectivity index (χ2v) is 7.22. The summed E-state index contributed by atoms with van der Waals surface area (Å²) in [7, 11) is -2.44. The van der Waals surface area contributed by atoms with Gasteiger partial charge in [-0.2, -0.15) is 8.78 Å². The predicted molar refractivity (Wildman–Crippen MR) is 115 cm³/mol. The minimum Gasteiger partial charge on any atom is -0.507 e. The summed E-state index contributed by atoms with van der Waals surface area (Å²) < 4.78 is 79.6. The highest BCUT2D eigenvalue weighted by Gasteiger charge is 2.43. The van der Waals surface area contributed by atoms with Gasteiger partial charge in [-0.05, 0) is 16.7 Å². The van der Waals surface area contributed by atoms with Crippen LogP contribution in [-0.2, 0) is 10.3 Å². The Bertz CT molecular complexity index is 1150. The Hall–Kier alpha value is -3.69. The molecule has 0 aliphatic carbocycles. The summed E-state index contributed by atoms with van der Waals surface area (Å²) in [4.78, 5) is 0. The van der Waals surface area contributed by atoms with Gasteiger partial charge in [0.15, 0.2) is 5.75 Å². The van der Waals surface area contributed by atoms with Crippen LogP contribution in [0.15, 0.2) is 91.0 Å². The standard InChI is InChI=1S/C25H16BF5O3/c27-19-20(28)22(30)24(23(31)21(19)29)33-26(32)34-25(16-10-4-1-5-11-16,17-12-6-2-7-13-17)18-14-8-3-9-15-18/h1-15,32H. The summed E-state index contributed by atoms with van der Waals surface area (Å²) >= 11 is 0. The summed E-state index contributed by atoms with van der Waals surface area (Å²) in [6, 6.07) is 25.8. The third-order valence-electron chi connectivity index (χ3n) is 5.21. The quantitative estimate of drug-likeness (QED) is 0.123. The van der Waals surface area contributed by atoms with Crippen molar-refractivity contribution >= 4 is 7.32 Å². The van der Waals surface area contributed by atoms with Crippen LogP contribution in [0.2, 0.25) is 0 Å². The molecular weight excluding hydrogens is 454 g/mol. The molecule has 0 atom stereocenters. The van der Waals surface area contributed by atoms with Gasteiger partial charge in [0, 0.05) is 0 Å². The van der Waals surface area contributed by atoms with Gasteiger partial charge >= 0.3 is 7.32 Å². The van der Waals surface area contributed by atoms with Crippen LogP contribution in [-0.4, -0.2) is 12.3 Å². The first kappa shape index (κ1) is 23.5. The van der Waals surface area contributed by atoms with Crippen molar-refractivity contribution in [2.45, 2.75) is 5.60 Å². The second kappa shape index (κ2) is 9.66. The molecule has 0 bridgehead atoms. The molecule has 9 heteroatoms. The number of hydrogen-bond donors (Lipinski definition) is 1. The molecule has 4 aromatic carbocycles. The van der Waals surface area contributed by atoms with Gasteiger partial charge in [0.1, 0.15) is 5.60 Å². The predicted octanol–water partition coefficient (Wildman–Crippen LogP) is 5.75. The lowest BCUT2D eigenvalue weighted by Crippen LogP contribution is -2.42. The molecule has 0 aliphatic rings. The lowest BCUT2D eigenvalue weighted by molar-refractivity contribution is 0.0839. The fraction of sp³-hybridized carbons (Fsp3) is 0.0400. The van der Waals surface area contributed by atoms with E-state index in [1.165, 1.54) is 0 Å². The first-order chi connectivity index (χ1) is 16.4. The van der Waals surface area contributed by atoms with Crippen molar-refractivity contribution < 1.29 is 36.3 Å². The highest BCUT2D eigenvalue weighted by molar-refractivity contribution is 6.36. The molecule has 0 unspecified atom stereocenters. The van der Waals surface area contributed by atoms with Crippen LogP contribution in [0.3, 0.4) is 0 Å². The van der Waals surface area contributed by atoms with E-state index in [4.69, 9.17) is 9.31 Å². The lowest BCUT2D eigenvalue weighted by Gasteiger charge is -2.36. The molecule has 34 heavy (non-hydrogen) atoms. The van der Waals surface area contributed by atoms with Crippen molar-refractivity contribution in [1.82, 2.24) is 0 Å². The highest BCUT2D eigenvalue weighted by Crippen LogP contribution is 2.41. The molecule has 0 heterocycles. The molecule has 4 aromatic rings. The van der Waals surface area contributed by atoms with E-state index in [0.29, 0.717) is 16.7 Å². The fourth-order valence-electron chi connectivity index (χ4n) is 3.69. The van der Waals surface area contributed by atoms with E-state index in [9.17, 15) is 27.0 Å². The third-order valence-corrected chi connectivity index (χ3v) is 5.21. The summed E-state index contributed by atoms with van der Waals surface area (Å²) in [6.07, 6.45) is 0. The van der Waals surface area contributed by atoms with Crippen LogP contribution in [0, 0.1) is 29.1 Å². The minimum absolute atomic E-state index is 0.507. The molecule has 0 aromatic heterocycles. The van der Waals surface area contributed by atoms with E-state index in [0.717, 1.165) is 0 Å². The minimum atomic E-state index is -2.44. The molecular formula is C25H16BF5O3. The molecule has 0 aliphatic heterocycles. The van der Waals surface area contributed by atoms with Crippen LogP contribution < -0.4 is 4.65 Å². The Labute approximate surface area is 192 Å². The van der Waals surface area contributed by atoms with Crippen molar-refractivity contribution in [2.75, 3.05) is 0 Å². The molecule has 172 valence electrons. The molecule has 0 amide bonds. The topological polar surface area (TPSA) is 38.7 Å². The van der Waals surface area contributed by atoms with Crippen molar-refractivity contribution in [2.24, 2.45) is 0 Å². The number of rotatable bonds is 7. The van der Waals surface area contributed by atoms with Crippen molar-refractivity contribution in [1.29, 1.82) is 0 Å². The summed E-state index contributed by atoms with van der Waals surface area (Å²) in [5, 5.41) is 10.6. The zero-order chi connectivity index (χ0) is 24.3. The van der Waals surface area contributed by atoms with Crippen molar-refractivity contribution in [3.63, 3.8) is 0 Å². The van der Waals surface area contributed by atoms with Gasteiger partial charge in [-0.25, -0.2) is 13.2 Å². The maximum Gasteiger partial charge on any atom is 0.711 e. The Morgan fingerprint density at radius 1 is 0.529 bits per heavy atom. The average molecular weight is 470 g/mol. The molecule has 0 radical (unpaired) electrons. The Balaban J connectivity index is 1.85. The van der Waals surface area contributed by atoms with Gasteiger partial charge in [-0.1, -0.05) is 91.0 Å². The van der Waals surface area contributed by atoms with E-state index >= 15 is 0 Å². The van der Waals surface area contributed by atoms with E-state index < -0.39 is 47.8 Å². The Morgan fingerprint density at radius 2 is 0.853 bits per heavy atom. The smallest absolute Gasteiger partial charge is 0.507 e. The van der Waals surface area contributed by atoms with Crippen LogP contribution in [0.5, 0.6) is 5.75 Å². The zero-order valence-corrected chi connectivity index (χ0v) is 17.4. The first-order valence-electron chi connectivity index (χ1n) is 10.1. The second-order valence-electron chi connectivity index (χ2n) is 7.22. The van der Waals surface area contributed by atoms with Crippen molar-refractivity contribution in [3.05, 3.63) is 137 Å². The molecule has 0 saturated carbocycles. The fourth-order valence-corrected chi connectivity index (χ4v) is 3.69. The number of benzene rings is 4. The largest absolute Gasteiger partial charge is 0.711 e. The molecule has 1 N–H and O–H groups in total. The molecule has 4 rings (SSSR count). The van der Waals surface area contributed by atoms with Crippen molar-refractivity contribution in [3.8, 4) is 5.75 Å². The van der Waals surface area contributed by atoms with Crippen LogP contribution in [0.4, 0.5) is 22.0 Å². The maximum absolute atomic E-state index is 14.2. The Morgan fingerprint density at radius 3 is 1.21 bits per heavy atom. The van der Waals surface area contributed by atoms with Gasteiger partial charge in [0.2, 0.25) is 29.1 Å². The summed E-state index contributed by atoms with van der Waals surface area (Å²) in [5.74, 6) is -12.9. The molecule has 3 nitrogen and oxygen atoms in total. The highest BCUT2D eigenvalue weighted by atomic mass is 19.2. The lowest BCUT2D eigenvalue weighted by atomic mass is 9.79. The van der Waals surface area contributed by atoms with Gasteiger partial charge < -0.3 is 14.3 Å². The molecule has 0 fully saturated rings. The number of hydrogen-bond acceptors (Lipinski definition) is 3. The third kappa shape index (κ3) is 4.15. The summed E-state index contributed by atoms with van der Waals surface area (Å²) in [6.45, 7) is 0. The van der Waals surface area contributed by atoms with Crippen LogP contribution in [0.1, 0.15) is 16.7 Å². The summed E-state index contributed by atoms with van der Waals surface area (Å²) in [5.41, 5.74) is -0.0554. The molecule has 0 spiro atoms. The van der Waals surface area contributed by atoms with E-state index in [1.807, 2.05) is 0 Å². The SMILES string of the molecule is OB(Oc1c(F)c(F)c(F)c(F)c1F)OC(c1ccccc1)(c1ccccc1)c1ccccc1. The first-order valence-corrected chi connectivity index (χ1v) is 10.1. The van der Waals surface area contributed by atoms with Gasteiger partial charge in [-0.15, -0.1) is 0 Å². The average Bonchev–Trinajstić information content (AvgIpc) is 2.89. The van der Waals surface area contributed by atoms with Gasteiger partial charge in [0.05, 0.1) is 0 Å². The van der Waals surface area contributed by atoms with Gasteiger partial charge in [-0.3, -0.25) is 0 Å². The zero-order valence-electron chi connectivity index (χ0n) is 17.4.